The summed E-state index contributed by atoms with van der Waals surface area (Å²) in [4.78, 5) is 53.7. The molecule has 1 aliphatic heterocycles. The van der Waals surface area contributed by atoms with E-state index in [9.17, 15) is 14.4 Å². The zero-order chi connectivity index (χ0) is 28.6. The number of hydrogen-bond acceptors (Lipinski definition) is 8. The van der Waals surface area contributed by atoms with Crippen LogP contribution >= 0.6 is 11.6 Å². The first-order valence-electron chi connectivity index (χ1n) is 12.9. The summed E-state index contributed by atoms with van der Waals surface area (Å²) in [5.41, 5.74) is 8.28. The lowest BCUT2D eigenvalue weighted by Crippen LogP contribution is -2.46. The summed E-state index contributed by atoms with van der Waals surface area (Å²) in [6.45, 7) is 4.35. The highest BCUT2D eigenvalue weighted by Gasteiger charge is 2.28. The molecular formula is C28H29ClN8O3. The van der Waals surface area contributed by atoms with Crippen LogP contribution in [-0.2, 0) is 7.05 Å². The Labute approximate surface area is 235 Å². The molecule has 1 amide bonds. The van der Waals surface area contributed by atoms with E-state index in [0.29, 0.717) is 65.2 Å². The maximum absolute atomic E-state index is 13.3. The molecule has 4 aromatic rings. The minimum atomic E-state index is -0.426. The van der Waals surface area contributed by atoms with Crippen molar-refractivity contribution in [3.8, 4) is 17.1 Å². The Kier molecular flexibility index (Phi) is 7.40. The number of anilines is 2. The minimum absolute atomic E-state index is 0.0907. The molecular weight excluding hydrogens is 532 g/mol. The molecule has 4 heterocycles. The molecule has 5 rings (SSSR count). The van der Waals surface area contributed by atoms with Crippen LogP contribution in [0.1, 0.15) is 46.3 Å². The summed E-state index contributed by atoms with van der Waals surface area (Å²) in [7, 11) is 1.72. The molecule has 3 aromatic heterocycles. The van der Waals surface area contributed by atoms with Crippen LogP contribution < -0.4 is 21.5 Å². The molecule has 0 bridgehead atoms. The van der Waals surface area contributed by atoms with Gasteiger partial charge in [-0.05, 0) is 44.0 Å². The van der Waals surface area contributed by atoms with Crippen molar-refractivity contribution < 1.29 is 9.59 Å². The third kappa shape index (κ3) is 5.07. The topological polar surface area (TPSA) is 141 Å². The molecule has 40 heavy (non-hydrogen) atoms. The molecule has 0 atom stereocenters. The number of amides is 1. The lowest BCUT2D eigenvalue weighted by Gasteiger charge is -2.33. The van der Waals surface area contributed by atoms with E-state index in [1.54, 1.807) is 61.1 Å². The van der Waals surface area contributed by atoms with Crippen LogP contribution in [0.3, 0.4) is 0 Å². The Bertz CT molecular complexity index is 1670. The number of ketones is 1. The Hall–Kier alpha value is -4.51. The van der Waals surface area contributed by atoms with Gasteiger partial charge in [-0.2, -0.15) is 0 Å². The van der Waals surface area contributed by atoms with Gasteiger partial charge < -0.3 is 16.0 Å². The molecule has 0 radical (unpaired) electrons. The molecule has 206 valence electrons. The summed E-state index contributed by atoms with van der Waals surface area (Å²) in [6.07, 6.45) is 2.79. The van der Waals surface area contributed by atoms with Gasteiger partial charge in [0.15, 0.2) is 17.4 Å². The molecule has 0 spiro atoms. The van der Waals surface area contributed by atoms with Gasteiger partial charge in [-0.1, -0.05) is 29.8 Å². The molecule has 3 N–H and O–H groups in total. The number of halogens is 1. The maximum Gasteiger partial charge on any atom is 0.284 e. The van der Waals surface area contributed by atoms with Crippen molar-refractivity contribution in [1.29, 1.82) is 0 Å². The number of Topliss-reactive ketones (excluding diaryl/α,β-unsaturated/α-hetero) is 1. The van der Waals surface area contributed by atoms with E-state index < -0.39 is 11.5 Å². The number of carbonyl (C=O) groups excluding carboxylic acids is 2. The Balaban J connectivity index is 1.30. The Morgan fingerprint density at radius 3 is 2.48 bits per heavy atom. The van der Waals surface area contributed by atoms with Gasteiger partial charge in [-0.15, -0.1) is 0 Å². The van der Waals surface area contributed by atoms with E-state index in [2.05, 4.69) is 15.3 Å². The van der Waals surface area contributed by atoms with Crippen molar-refractivity contribution in [2.45, 2.75) is 32.7 Å². The molecule has 11 nitrogen and oxygen atoms in total. The summed E-state index contributed by atoms with van der Waals surface area (Å²) in [5, 5.41) is 3.44. The van der Waals surface area contributed by atoms with Crippen LogP contribution in [0, 0.1) is 6.92 Å². The highest BCUT2D eigenvalue weighted by molar-refractivity contribution is 6.32. The number of hydrogen-bond donors (Lipinski definition) is 2. The number of piperidine rings is 1. The van der Waals surface area contributed by atoms with Crippen LogP contribution in [0.4, 0.5) is 11.6 Å². The maximum atomic E-state index is 13.3. The molecule has 1 saturated heterocycles. The highest BCUT2D eigenvalue weighted by atomic mass is 35.5. The second-order valence-corrected chi connectivity index (χ2v) is 10.1. The second-order valence-electron chi connectivity index (χ2n) is 9.72. The number of nitrogen functional groups attached to an aromatic ring is 1. The molecule has 1 aromatic carbocycles. The molecule has 1 aliphatic rings. The third-order valence-electron chi connectivity index (χ3n) is 7.14. The van der Waals surface area contributed by atoms with E-state index in [0.717, 1.165) is 0 Å². The molecule has 0 aliphatic carbocycles. The summed E-state index contributed by atoms with van der Waals surface area (Å²) in [5.74, 6) is 0.260. The van der Waals surface area contributed by atoms with Gasteiger partial charge in [0.1, 0.15) is 17.0 Å². The number of rotatable bonds is 6. The van der Waals surface area contributed by atoms with Crippen LogP contribution in [0.15, 0.2) is 53.5 Å². The third-order valence-corrected chi connectivity index (χ3v) is 7.46. The fourth-order valence-electron chi connectivity index (χ4n) is 4.88. The standard InChI is InChI=1S/C28H29ClN8O3/c1-16-24(28(40)37(35(16)3)23-10-5-4-7-19(23)29)27(39)32-18-11-13-36(14-12-18)26-25(30)31-15-22(34-26)21-9-6-8-20(33-21)17(2)38/h4-10,15,18H,11-14H2,1-3H3,(H2,30,31)(H,32,39). The highest BCUT2D eigenvalue weighted by Crippen LogP contribution is 2.26. The van der Waals surface area contributed by atoms with Crippen LogP contribution in [0.25, 0.3) is 17.1 Å². The predicted octanol–water partition coefficient (Wildman–Crippen LogP) is 3.17. The largest absolute Gasteiger partial charge is 0.381 e. The summed E-state index contributed by atoms with van der Waals surface area (Å²) < 4.78 is 3.04. The van der Waals surface area contributed by atoms with E-state index in [1.165, 1.54) is 17.8 Å². The first-order valence-corrected chi connectivity index (χ1v) is 13.2. The number of nitrogens with two attached hydrogens (primary N) is 1. The van der Waals surface area contributed by atoms with Crippen LogP contribution in [0.5, 0.6) is 0 Å². The van der Waals surface area contributed by atoms with Crippen molar-refractivity contribution in [1.82, 2.24) is 29.6 Å². The van der Waals surface area contributed by atoms with Crippen molar-refractivity contribution >= 4 is 34.9 Å². The predicted molar refractivity (Wildman–Crippen MR) is 153 cm³/mol. The average molecular weight is 561 g/mol. The average Bonchev–Trinajstić information content (AvgIpc) is 3.17. The second kappa shape index (κ2) is 10.9. The van der Waals surface area contributed by atoms with Crippen molar-refractivity contribution in [3.05, 3.63) is 81.0 Å². The summed E-state index contributed by atoms with van der Waals surface area (Å²) >= 11 is 6.33. The first kappa shape index (κ1) is 27.1. The fourth-order valence-corrected chi connectivity index (χ4v) is 5.09. The quantitative estimate of drug-likeness (QED) is 0.343. The zero-order valence-corrected chi connectivity index (χ0v) is 23.1. The number of aromatic nitrogens is 5. The monoisotopic (exact) mass is 560 g/mol. The number of nitrogens with zero attached hydrogens (tertiary/aromatic N) is 6. The summed E-state index contributed by atoms with van der Waals surface area (Å²) in [6, 6.07) is 12.0. The lowest BCUT2D eigenvalue weighted by atomic mass is 10.0. The SMILES string of the molecule is CC(=O)c1cccc(-c2cnc(N)c(N3CCC(NC(=O)c4c(C)n(C)n(-c5ccccc5Cl)c4=O)CC3)n2)n1. The van der Waals surface area contributed by atoms with Gasteiger partial charge in [0.05, 0.1) is 28.3 Å². The molecule has 12 heteroatoms. The molecule has 0 unspecified atom stereocenters. The lowest BCUT2D eigenvalue weighted by molar-refractivity contribution is 0.0928. The first-order chi connectivity index (χ1) is 19.2. The van der Waals surface area contributed by atoms with Crippen LogP contribution in [-0.4, -0.2) is 55.1 Å². The van der Waals surface area contributed by atoms with Gasteiger partial charge in [0.2, 0.25) is 0 Å². The van der Waals surface area contributed by atoms with E-state index in [4.69, 9.17) is 22.3 Å². The normalized spacial score (nSPS) is 13.8. The van der Waals surface area contributed by atoms with E-state index in [-0.39, 0.29) is 23.2 Å². The Morgan fingerprint density at radius 2 is 1.77 bits per heavy atom. The van der Waals surface area contributed by atoms with Gasteiger partial charge in [0, 0.05) is 33.1 Å². The number of para-hydroxylation sites is 1. The smallest absolute Gasteiger partial charge is 0.284 e. The van der Waals surface area contributed by atoms with Gasteiger partial charge >= 0.3 is 0 Å². The molecule has 0 saturated carbocycles. The number of benzene rings is 1. The van der Waals surface area contributed by atoms with Gasteiger partial charge in [-0.3, -0.25) is 19.1 Å². The van der Waals surface area contributed by atoms with Gasteiger partial charge in [0.25, 0.3) is 11.5 Å². The molecule has 1 fully saturated rings. The van der Waals surface area contributed by atoms with E-state index >= 15 is 0 Å². The van der Waals surface area contributed by atoms with Gasteiger partial charge in [-0.25, -0.2) is 19.6 Å². The fraction of sp³-hybridized carbons (Fsp3) is 0.286. The van der Waals surface area contributed by atoms with Crippen molar-refractivity contribution in [2.24, 2.45) is 7.05 Å². The number of nitrogens with one attached hydrogen (secondary N) is 1. The minimum Gasteiger partial charge on any atom is -0.381 e. The van der Waals surface area contributed by atoms with Crippen molar-refractivity contribution in [2.75, 3.05) is 23.7 Å². The van der Waals surface area contributed by atoms with Crippen molar-refractivity contribution in [3.63, 3.8) is 0 Å². The number of carbonyl (C=O) groups is 2. The Morgan fingerprint density at radius 1 is 1.05 bits per heavy atom. The zero-order valence-electron chi connectivity index (χ0n) is 22.4. The van der Waals surface area contributed by atoms with Crippen LogP contribution in [0.2, 0.25) is 5.02 Å². The number of pyridine rings is 1. The van der Waals surface area contributed by atoms with E-state index in [1.807, 2.05) is 4.90 Å².